The first kappa shape index (κ1) is 22.2. The number of benzene rings is 4. The van der Waals surface area contributed by atoms with Crippen LogP contribution in [-0.2, 0) is 15.1 Å². The van der Waals surface area contributed by atoms with Gasteiger partial charge in [0, 0.05) is 18.4 Å². The van der Waals surface area contributed by atoms with Crippen molar-refractivity contribution in [2.45, 2.75) is 30.3 Å². The minimum absolute atomic E-state index is 0.0774. The van der Waals surface area contributed by atoms with Crippen LogP contribution in [0.5, 0.6) is 0 Å². The normalized spacial score (nSPS) is 25.6. The minimum atomic E-state index is -1.09. The number of carbonyl (C=O) groups excluding carboxylic acids is 1. The molecule has 13 rings (SSSR count). The molecule has 180 valence electrons. The number of ether oxygens (including phenoxy) is 1. The molecule has 4 unspecified atom stereocenters. The highest BCUT2D eigenvalue weighted by Crippen LogP contribution is 2.62. The fourth-order valence-electron chi connectivity index (χ4n) is 6.66. The quantitative estimate of drug-likeness (QED) is 0.292. The highest BCUT2D eigenvalue weighted by molar-refractivity contribution is 6.00. The highest BCUT2D eigenvalue weighted by atomic mass is 16.5. The summed E-state index contributed by atoms with van der Waals surface area (Å²) in [4.78, 5) is 15.0. The maximum absolute atomic E-state index is 15.0. The Bertz CT molecular complexity index is 1520. The van der Waals surface area contributed by atoms with E-state index in [1.54, 1.807) is 0 Å². The van der Waals surface area contributed by atoms with Crippen LogP contribution in [0.1, 0.15) is 69.2 Å². The molecule has 4 aromatic rings. The van der Waals surface area contributed by atoms with Crippen LogP contribution in [0.3, 0.4) is 0 Å². The molecular weight excluding hydrogens is 452 g/mol. The summed E-state index contributed by atoms with van der Waals surface area (Å²) in [6.07, 6.45) is 8.53. The molecule has 9 aliphatic rings. The summed E-state index contributed by atoms with van der Waals surface area (Å²) < 4.78 is 6.73. The van der Waals surface area contributed by atoms with Gasteiger partial charge >= 0.3 is 0 Å². The first-order valence-electron chi connectivity index (χ1n) is 13.1. The molecule has 0 amide bonds. The average molecular weight is 481 g/mol. The van der Waals surface area contributed by atoms with Crippen molar-refractivity contribution >= 4 is 30.1 Å². The van der Waals surface area contributed by atoms with Crippen LogP contribution < -0.4 is 0 Å². The zero-order valence-corrected chi connectivity index (χ0v) is 20.8. The summed E-state index contributed by atoms with van der Waals surface area (Å²) in [6, 6.07) is 34.3. The first-order valence-corrected chi connectivity index (χ1v) is 13.1. The summed E-state index contributed by atoms with van der Waals surface area (Å²) in [5.41, 5.74) is 7.69. The van der Waals surface area contributed by atoms with Crippen molar-refractivity contribution in [3.63, 3.8) is 0 Å². The fourth-order valence-corrected chi connectivity index (χ4v) is 6.66. The van der Waals surface area contributed by atoms with Crippen LogP contribution in [0.4, 0.5) is 0 Å². The number of rotatable bonds is 2. The molecule has 2 heteroatoms. The number of ketones is 1. The van der Waals surface area contributed by atoms with Crippen molar-refractivity contribution in [2.75, 3.05) is 6.61 Å². The Morgan fingerprint density at radius 2 is 1.03 bits per heavy atom. The van der Waals surface area contributed by atoms with Crippen molar-refractivity contribution in [1.82, 2.24) is 0 Å². The van der Waals surface area contributed by atoms with Gasteiger partial charge in [0.05, 0.1) is 5.92 Å². The average Bonchev–Trinajstić information content (AvgIpc) is 3.19. The van der Waals surface area contributed by atoms with Gasteiger partial charge in [-0.15, -0.1) is 0 Å². The van der Waals surface area contributed by atoms with Gasteiger partial charge in [0.2, 0.25) is 0 Å². The SMILES string of the molecule is CCOC12C(=O)C3c4ccc(cc4)/C=C\c4ccc(cc4)C3C1c1ccc(cc1)C=Cc1ccc2cc1. The lowest BCUT2D eigenvalue weighted by atomic mass is 9.72. The third-order valence-corrected chi connectivity index (χ3v) is 8.37. The van der Waals surface area contributed by atoms with Gasteiger partial charge in [0.25, 0.3) is 0 Å². The monoisotopic (exact) mass is 480 g/mol. The van der Waals surface area contributed by atoms with Gasteiger partial charge in [-0.05, 0) is 51.4 Å². The highest BCUT2D eigenvalue weighted by Gasteiger charge is 2.63. The van der Waals surface area contributed by atoms with Gasteiger partial charge in [-0.1, -0.05) is 121 Å². The van der Waals surface area contributed by atoms with Crippen LogP contribution in [0.2, 0.25) is 0 Å². The summed E-state index contributed by atoms with van der Waals surface area (Å²) in [7, 11) is 0. The molecule has 0 N–H and O–H groups in total. The van der Waals surface area contributed by atoms with Crippen molar-refractivity contribution < 1.29 is 9.53 Å². The Balaban J connectivity index is 1.57. The van der Waals surface area contributed by atoms with Gasteiger partial charge in [-0.3, -0.25) is 4.79 Å². The molecule has 0 radical (unpaired) electrons. The lowest BCUT2D eigenvalue weighted by molar-refractivity contribution is -0.144. The Labute approximate surface area is 217 Å². The van der Waals surface area contributed by atoms with Crippen LogP contribution in [0.25, 0.3) is 24.3 Å². The van der Waals surface area contributed by atoms with Gasteiger partial charge in [0.15, 0.2) is 11.4 Å². The summed E-state index contributed by atoms with van der Waals surface area (Å²) in [5, 5.41) is 0. The number of Topliss-reactive ketones (excluding diaryl/α,β-unsaturated/α-hetero) is 1. The predicted octanol–water partition coefficient (Wildman–Crippen LogP) is 7.82. The largest absolute Gasteiger partial charge is 0.362 e. The summed E-state index contributed by atoms with van der Waals surface area (Å²) in [6.45, 7) is 2.44. The second-order valence-corrected chi connectivity index (χ2v) is 10.3. The Hall–Kier alpha value is -4.01. The number of carbonyl (C=O) groups is 1. The Morgan fingerprint density at radius 3 is 1.51 bits per heavy atom. The van der Waals surface area contributed by atoms with Crippen molar-refractivity contribution in [3.05, 3.63) is 142 Å². The molecule has 4 aromatic carbocycles. The Kier molecular flexibility index (Phi) is 5.12. The van der Waals surface area contributed by atoms with Crippen LogP contribution >= 0.6 is 0 Å². The molecule has 37 heavy (non-hydrogen) atoms. The molecule has 0 aromatic heterocycles. The molecular formula is C35H28O2. The molecule has 2 nitrogen and oxygen atoms in total. The maximum Gasteiger partial charge on any atom is 0.177 e. The van der Waals surface area contributed by atoms with E-state index in [4.69, 9.17) is 4.74 Å². The minimum Gasteiger partial charge on any atom is -0.362 e. The molecule has 0 heterocycles. The van der Waals surface area contributed by atoms with Crippen molar-refractivity contribution in [1.29, 1.82) is 0 Å². The standard InChI is InChI=1S/C35H28O2/c1-2-37-35-30-21-13-26(14-22-30)6-5-25-11-19-29(20-12-25)33(35)31-27-15-7-23(8-16-27)3-4-24-9-17-28(18-10-24)32(31)34(35)36/h3-22,31-33H,2H2,1H3/b4-3-,6-5?. The lowest BCUT2D eigenvalue weighted by Gasteiger charge is -2.37. The fraction of sp³-hybridized carbons (Fsp3) is 0.171. The zero-order valence-electron chi connectivity index (χ0n) is 20.8. The zero-order chi connectivity index (χ0) is 25.0. The Morgan fingerprint density at radius 1 is 0.595 bits per heavy atom. The van der Waals surface area contributed by atoms with E-state index in [-0.39, 0.29) is 23.5 Å². The maximum atomic E-state index is 15.0. The van der Waals surface area contributed by atoms with Crippen LogP contribution in [-0.4, -0.2) is 12.4 Å². The first-order chi connectivity index (χ1) is 18.2. The third kappa shape index (κ3) is 3.40. The van der Waals surface area contributed by atoms with E-state index in [1.165, 1.54) is 5.56 Å². The van der Waals surface area contributed by atoms with E-state index in [0.29, 0.717) is 6.61 Å². The molecule has 1 fully saturated rings. The molecule has 4 atom stereocenters. The molecule has 0 aliphatic heterocycles. The molecule has 9 aliphatic carbocycles. The lowest BCUT2D eigenvalue weighted by Crippen LogP contribution is -2.40. The van der Waals surface area contributed by atoms with Gasteiger partial charge < -0.3 is 4.74 Å². The summed E-state index contributed by atoms with van der Waals surface area (Å²) in [5.74, 6) is -0.454. The predicted molar refractivity (Wildman–Crippen MR) is 150 cm³/mol. The van der Waals surface area contributed by atoms with E-state index in [0.717, 1.165) is 38.9 Å². The topological polar surface area (TPSA) is 26.3 Å². The van der Waals surface area contributed by atoms with Gasteiger partial charge in [-0.2, -0.15) is 0 Å². The van der Waals surface area contributed by atoms with Crippen LogP contribution in [0, 0.1) is 0 Å². The third-order valence-electron chi connectivity index (χ3n) is 8.37. The van der Waals surface area contributed by atoms with Crippen molar-refractivity contribution in [3.8, 4) is 0 Å². The molecule has 0 spiro atoms. The van der Waals surface area contributed by atoms with Gasteiger partial charge in [0.1, 0.15) is 0 Å². The van der Waals surface area contributed by atoms with Crippen LogP contribution in [0.15, 0.2) is 97.1 Å². The van der Waals surface area contributed by atoms with E-state index >= 15 is 0 Å². The molecule has 0 saturated heterocycles. The number of hydrogen-bond donors (Lipinski definition) is 0. The molecule has 8 bridgehead atoms. The second-order valence-electron chi connectivity index (χ2n) is 10.3. The smallest absolute Gasteiger partial charge is 0.177 e. The van der Waals surface area contributed by atoms with E-state index in [2.05, 4.69) is 121 Å². The molecule has 1 saturated carbocycles. The van der Waals surface area contributed by atoms with E-state index in [9.17, 15) is 4.79 Å². The van der Waals surface area contributed by atoms with Crippen molar-refractivity contribution in [2.24, 2.45) is 0 Å². The van der Waals surface area contributed by atoms with E-state index in [1.807, 2.05) is 6.92 Å². The van der Waals surface area contributed by atoms with Gasteiger partial charge in [-0.25, -0.2) is 0 Å². The second kappa shape index (κ2) is 8.54. The number of hydrogen-bond acceptors (Lipinski definition) is 2. The summed E-state index contributed by atoms with van der Waals surface area (Å²) >= 11 is 0. The van der Waals surface area contributed by atoms with E-state index < -0.39 is 5.60 Å².